The van der Waals surface area contributed by atoms with Crippen LogP contribution in [0.4, 0.5) is 0 Å². The van der Waals surface area contributed by atoms with E-state index in [2.05, 4.69) is 142 Å². The maximum Gasteiger partial charge on any atom is 0.306 e. The van der Waals surface area contributed by atoms with E-state index in [1.165, 1.54) is 77.0 Å². The molecule has 0 radical (unpaired) electrons. The first-order valence-corrected chi connectivity index (χ1v) is 27.1. The van der Waals surface area contributed by atoms with E-state index in [0.29, 0.717) is 19.4 Å². The quantitative estimate of drug-likeness (QED) is 0.0346. The standard InChI is InChI=1S/C61H100O5/c1-4-7-10-13-16-19-22-25-27-29-30-31-33-35-38-41-44-47-50-53-56-64-57-59(66-61(63)55-52-49-46-43-40-36-24-21-18-15-12-9-6-3)58-65-60(62)54-51-48-45-42-39-37-34-32-28-26-23-20-17-14-11-8-5-2/h7-8,10-11,16-17,19-21,24-28,30-31,34,37,42,45,59H,4-6,9,12-15,18,22-23,29,32-33,35-36,38-41,43-44,46-58H2,1-3H3/b10-7-,11-8-,19-16-,20-17-,24-21-,27-25-,28-26-,31-30-,37-34-,45-42-. The molecule has 0 aromatic heterocycles. The molecule has 0 spiro atoms. The van der Waals surface area contributed by atoms with Gasteiger partial charge in [-0.2, -0.15) is 0 Å². The van der Waals surface area contributed by atoms with E-state index in [1.54, 1.807) is 0 Å². The molecule has 0 aliphatic carbocycles. The van der Waals surface area contributed by atoms with Crippen molar-refractivity contribution in [2.75, 3.05) is 19.8 Å². The smallest absolute Gasteiger partial charge is 0.306 e. The Morgan fingerprint density at radius 1 is 0.348 bits per heavy atom. The number of rotatable bonds is 48. The van der Waals surface area contributed by atoms with Gasteiger partial charge in [0.2, 0.25) is 0 Å². The molecule has 66 heavy (non-hydrogen) atoms. The minimum absolute atomic E-state index is 0.0410. The van der Waals surface area contributed by atoms with Crippen molar-refractivity contribution in [2.24, 2.45) is 0 Å². The summed E-state index contributed by atoms with van der Waals surface area (Å²) in [5.74, 6) is -0.487. The van der Waals surface area contributed by atoms with Crippen LogP contribution in [0, 0.1) is 0 Å². The van der Waals surface area contributed by atoms with Gasteiger partial charge in [-0.1, -0.05) is 213 Å². The van der Waals surface area contributed by atoms with Crippen LogP contribution in [0.2, 0.25) is 0 Å². The van der Waals surface area contributed by atoms with Crippen molar-refractivity contribution in [3.05, 3.63) is 122 Å². The number of esters is 2. The van der Waals surface area contributed by atoms with Crippen LogP contribution >= 0.6 is 0 Å². The second-order valence-electron chi connectivity index (χ2n) is 17.4. The lowest BCUT2D eigenvalue weighted by molar-refractivity contribution is -0.163. The largest absolute Gasteiger partial charge is 0.462 e. The minimum atomic E-state index is -0.577. The van der Waals surface area contributed by atoms with E-state index in [0.717, 1.165) is 116 Å². The molecule has 0 aromatic rings. The van der Waals surface area contributed by atoms with Crippen LogP contribution in [0.1, 0.15) is 226 Å². The van der Waals surface area contributed by atoms with Crippen LogP contribution in [-0.4, -0.2) is 37.9 Å². The maximum absolute atomic E-state index is 12.8. The second-order valence-corrected chi connectivity index (χ2v) is 17.4. The number of hydrogen-bond acceptors (Lipinski definition) is 5. The third kappa shape index (κ3) is 52.9. The summed E-state index contributed by atoms with van der Waals surface area (Å²) in [5.41, 5.74) is 0. The van der Waals surface area contributed by atoms with Crippen LogP contribution < -0.4 is 0 Å². The molecule has 5 heteroatoms. The van der Waals surface area contributed by atoms with E-state index in [4.69, 9.17) is 14.2 Å². The molecular formula is C61H100O5. The van der Waals surface area contributed by atoms with E-state index in [9.17, 15) is 9.59 Å². The Morgan fingerprint density at radius 3 is 1.15 bits per heavy atom. The predicted molar refractivity (Wildman–Crippen MR) is 288 cm³/mol. The van der Waals surface area contributed by atoms with Gasteiger partial charge >= 0.3 is 11.9 Å². The second kappa shape index (κ2) is 55.6. The summed E-state index contributed by atoms with van der Waals surface area (Å²) in [4.78, 5) is 25.4. The lowest BCUT2D eigenvalue weighted by Crippen LogP contribution is -2.30. The van der Waals surface area contributed by atoms with Crippen molar-refractivity contribution in [3.63, 3.8) is 0 Å². The zero-order chi connectivity index (χ0) is 47.7. The van der Waals surface area contributed by atoms with Gasteiger partial charge in [-0.05, 0) is 122 Å². The summed E-state index contributed by atoms with van der Waals surface area (Å²) in [5, 5.41) is 0. The maximum atomic E-state index is 12.8. The first-order chi connectivity index (χ1) is 32.6. The van der Waals surface area contributed by atoms with Gasteiger partial charge in [0.05, 0.1) is 6.61 Å². The summed E-state index contributed by atoms with van der Waals surface area (Å²) < 4.78 is 17.4. The summed E-state index contributed by atoms with van der Waals surface area (Å²) in [6.45, 7) is 7.48. The lowest BCUT2D eigenvalue weighted by atomic mass is 10.1. The molecule has 0 aromatic carbocycles. The van der Waals surface area contributed by atoms with Crippen molar-refractivity contribution in [2.45, 2.75) is 232 Å². The lowest BCUT2D eigenvalue weighted by Gasteiger charge is -2.18. The third-order valence-corrected chi connectivity index (χ3v) is 11.0. The highest BCUT2D eigenvalue weighted by Gasteiger charge is 2.17. The SMILES string of the molecule is CC/C=C\C/C=C\C/C=C\C/C=C\C/C=C\CCCC(=O)OCC(COCCCCCCCCC/C=C\C/C=C\C/C=C\C/C=C\CC)OC(=O)CCCCCCC/C=C\CCCCCC. The number of hydrogen-bond donors (Lipinski definition) is 0. The van der Waals surface area contributed by atoms with Crippen LogP contribution in [0.3, 0.4) is 0 Å². The molecule has 0 saturated carbocycles. The molecule has 0 rings (SSSR count). The van der Waals surface area contributed by atoms with Gasteiger partial charge in [0.1, 0.15) is 6.61 Å². The average molecular weight is 913 g/mol. The van der Waals surface area contributed by atoms with Crippen molar-refractivity contribution in [1.82, 2.24) is 0 Å². The van der Waals surface area contributed by atoms with Crippen molar-refractivity contribution < 1.29 is 23.8 Å². The number of carbonyl (C=O) groups is 2. The molecule has 1 unspecified atom stereocenters. The molecule has 0 heterocycles. The molecule has 1 atom stereocenters. The summed E-state index contributed by atoms with van der Waals surface area (Å²) >= 11 is 0. The first-order valence-electron chi connectivity index (χ1n) is 27.1. The van der Waals surface area contributed by atoms with Gasteiger partial charge in [-0.15, -0.1) is 0 Å². The zero-order valence-corrected chi connectivity index (χ0v) is 42.9. The number of allylic oxidation sites excluding steroid dienone is 20. The van der Waals surface area contributed by atoms with E-state index >= 15 is 0 Å². The molecule has 0 fully saturated rings. The summed E-state index contributed by atoms with van der Waals surface area (Å²) in [6, 6.07) is 0. The average Bonchev–Trinajstić information content (AvgIpc) is 3.32. The minimum Gasteiger partial charge on any atom is -0.462 e. The monoisotopic (exact) mass is 913 g/mol. The fraction of sp³-hybridized carbons (Fsp3) is 0.639. The van der Waals surface area contributed by atoms with Crippen LogP contribution in [0.15, 0.2) is 122 Å². The normalized spacial score (nSPS) is 13.2. The van der Waals surface area contributed by atoms with Gasteiger partial charge in [0.25, 0.3) is 0 Å². The van der Waals surface area contributed by atoms with Gasteiger partial charge in [0, 0.05) is 19.4 Å². The Labute approximate surface area is 407 Å². The van der Waals surface area contributed by atoms with E-state index in [-0.39, 0.29) is 25.2 Å². The third-order valence-electron chi connectivity index (χ3n) is 11.0. The molecule has 5 nitrogen and oxygen atoms in total. The predicted octanol–water partition coefficient (Wildman–Crippen LogP) is 18.6. The van der Waals surface area contributed by atoms with Crippen LogP contribution in [0.25, 0.3) is 0 Å². The van der Waals surface area contributed by atoms with E-state index < -0.39 is 6.10 Å². The van der Waals surface area contributed by atoms with Crippen molar-refractivity contribution in [1.29, 1.82) is 0 Å². The molecule has 0 saturated heterocycles. The highest BCUT2D eigenvalue weighted by atomic mass is 16.6. The van der Waals surface area contributed by atoms with Gasteiger partial charge in [0.15, 0.2) is 6.10 Å². The zero-order valence-electron chi connectivity index (χ0n) is 42.9. The molecule has 0 aliphatic heterocycles. The molecular weight excluding hydrogens is 813 g/mol. The fourth-order valence-electron chi connectivity index (χ4n) is 7.00. The number of unbranched alkanes of at least 4 members (excludes halogenated alkanes) is 17. The summed E-state index contributed by atoms with van der Waals surface area (Å²) in [7, 11) is 0. The molecule has 0 bridgehead atoms. The highest BCUT2D eigenvalue weighted by molar-refractivity contribution is 5.70. The Hall–Kier alpha value is -3.70. The Morgan fingerprint density at radius 2 is 0.697 bits per heavy atom. The Bertz CT molecular complexity index is 1350. The van der Waals surface area contributed by atoms with Crippen LogP contribution in [-0.2, 0) is 23.8 Å². The topological polar surface area (TPSA) is 61.8 Å². The van der Waals surface area contributed by atoms with Crippen molar-refractivity contribution >= 4 is 11.9 Å². The highest BCUT2D eigenvalue weighted by Crippen LogP contribution is 2.13. The summed E-state index contributed by atoms with van der Waals surface area (Å²) in [6.07, 6.45) is 77.9. The Kier molecular flexibility index (Phi) is 52.5. The van der Waals surface area contributed by atoms with Gasteiger partial charge in [-0.25, -0.2) is 0 Å². The fourth-order valence-corrected chi connectivity index (χ4v) is 7.00. The van der Waals surface area contributed by atoms with E-state index in [1.807, 2.05) is 0 Å². The number of carbonyl (C=O) groups excluding carboxylic acids is 2. The van der Waals surface area contributed by atoms with Gasteiger partial charge in [-0.3, -0.25) is 9.59 Å². The first kappa shape index (κ1) is 62.3. The Balaban J connectivity index is 4.39. The van der Waals surface area contributed by atoms with Crippen LogP contribution in [0.5, 0.6) is 0 Å². The van der Waals surface area contributed by atoms with Gasteiger partial charge < -0.3 is 14.2 Å². The molecule has 0 amide bonds. The molecule has 0 aliphatic rings. The number of ether oxygens (including phenoxy) is 3. The molecule has 374 valence electrons. The molecule has 0 N–H and O–H groups in total. The van der Waals surface area contributed by atoms with Crippen molar-refractivity contribution in [3.8, 4) is 0 Å².